The molecule has 10 heteroatoms. The third kappa shape index (κ3) is 5.32. The summed E-state index contributed by atoms with van der Waals surface area (Å²) in [5.74, 6) is 1.36. The summed E-state index contributed by atoms with van der Waals surface area (Å²) in [4.78, 5) is 25.7. The van der Waals surface area contributed by atoms with E-state index in [4.69, 9.17) is 22.1 Å². The quantitative estimate of drug-likeness (QED) is 0.377. The summed E-state index contributed by atoms with van der Waals surface area (Å²) < 4.78 is 5.43. The molecule has 1 saturated carbocycles. The van der Waals surface area contributed by atoms with Crippen molar-refractivity contribution < 1.29 is 9.53 Å². The van der Waals surface area contributed by atoms with Crippen LogP contribution < -0.4 is 16.4 Å². The Morgan fingerprint density at radius 2 is 1.87 bits per heavy atom. The SMILES string of the molecule is CN1CCN(C2CCc3ccc(Nc4ncc(Cl)c(N[C@H]5[C@@H](OC(N)=O)[C@@H]6C=C[C@H]5C6)n4)cc3CC2)CC1. The highest BCUT2D eigenvalue weighted by Gasteiger charge is 2.47. The average molecular weight is 538 g/mol. The van der Waals surface area contributed by atoms with E-state index < -0.39 is 6.09 Å². The Kier molecular flexibility index (Phi) is 7.16. The number of ether oxygens (including phenoxy) is 1. The second-order valence-corrected chi connectivity index (χ2v) is 11.5. The second-order valence-electron chi connectivity index (χ2n) is 11.1. The number of carbonyl (C=O) groups is 1. The molecule has 2 heterocycles. The van der Waals surface area contributed by atoms with E-state index in [9.17, 15) is 4.79 Å². The topological polar surface area (TPSA) is 109 Å². The van der Waals surface area contributed by atoms with Crippen LogP contribution >= 0.6 is 11.6 Å². The zero-order valence-electron chi connectivity index (χ0n) is 21.8. The highest BCUT2D eigenvalue weighted by molar-refractivity contribution is 6.32. The molecule has 5 atom stereocenters. The molecule has 1 aromatic carbocycles. The summed E-state index contributed by atoms with van der Waals surface area (Å²) in [5, 5.41) is 7.19. The van der Waals surface area contributed by atoms with Crippen molar-refractivity contribution in [3.63, 3.8) is 0 Å². The Morgan fingerprint density at radius 3 is 2.66 bits per heavy atom. The first-order valence-electron chi connectivity index (χ1n) is 13.7. The minimum absolute atomic E-state index is 0.140. The average Bonchev–Trinajstić information content (AvgIpc) is 3.43. The van der Waals surface area contributed by atoms with Gasteiger partial charge in [-0.2, -0.15) is 4.98 Å². The maximum atomic E-state index is 11.5. The molecule has 38 heavy (non-hydrogen) atoms. The highest BCUT2D eigenvalue weighted by atomic mass is 35.5. The molecule has 9 nitrogen and oxygen atoms in total. The van der Waals surface area contributed by atoms with Gasteiger partial charge in [0.05, 0.1) is 12.2 Å². The van der Waals surface area contributed by atoms with Gasteiger partial charge >= 0.3 is 6.09 Å². The van der Waals surface area contributed by atoms with Crippen molar-refractivity contribution in [3.05, 3.63) is 52.7 Å². The summed E-state index contributed by atoms with van der Waals surface area (Å²) >= 11 is 6.46. The van der Waals surface area contributed by atoms with Crippen molar-refractivity contribution >= 4 is 35.1 Å². The first-order chi connectivity index (χ1) is 18.4. The van der Waals surface area contributed by atoms with Crippen LogP contribution in [0, 0.1) is 11.8 Å². The predicted octanol–water partition coefficient (Wildman–Crippen LogP) is 3.82. The molecular weight excluding hydrogens is 502 g/mol. The molecule has 1 amide bonds. The van der Waals surface area contributed by atoms with Gasteiger partial charge in [0.1, 0.15) is 11.1 Å². The van der Waals surface area contributed by atoms with Crippen LogP contribution in [0.15, 0.2) is 36.5 Å². The number of nitrogens with zero attached hydrogens (tertiary/aromatic N) is 4. The molecule has 4 N–H and O–H groups in total. The Balaban J connectivity index is 1.13. The summed E-state index contributed by atoms with van der Waals surface area (Å²) in [5.41, 5.74) is 9.14. The zero-order valence-corrected chi connectivity index (χ0v) is 22.5. The smallest absolute Gasteiger partial charge is 0.404 e. The number of anilines is 3. The van der Waals surface area contributed by atoms with Crippen LogP contribution in [0.5, 0.6) is 0 Å². The van der Waals surface area contributed by atoms with Gasteiger partial charge in [0, 0.05) is 49.7 Å². The molecule has 202 valence electrons. The fraction of sp³-hybridized carbons (Fsp3) is 0.536. The maximum absolute atomic E-state index is 11.5. The molecule has 1 aromatic heterocycles. The number of halogens is 1. The lowest BCUT2D eigenvalue weighted by molar-refractivity contribution is 0.0853. The standard InChI is InChI=1S/C28H36ClN7O2/c1-35-10-12-36(13-11-35)22-8-5-17-4-7-21(15-18(17)6-9-22)32-28-31-16-23(29)26(34-28)33-24-19-2-3-20(14-19)25(24)38-27(30)37/h2-4,7,15-16,19-20,22,24-25H,5-6,8-14H2,1H3,(H2,30,37)(H2,31,32,33,34)/t19-,20+,22?,24+,25-/m0/s1. The molecule has 1 aliphatic heterocycles. The Morgan fingerprint density at radius 1 is 1.11 bits per heavy atom. The lowest BCUT2D eigenvalue weighted by atomic mass is 9.98. The Labute approximate surface area is 228 Å². The third-order valence-corrected chi connectivity index (χ3v) is 8.97. The van der Waals surface area contributed by atoms with E-state index in [0.29, 0.717) is 22.8 Å². The molecule has 2 fully saturated rings. The largest absolute Gasteiger partial charge is 0.444 e. The van der Waals surface area contributed by atoms with Crippen LogP contribution in [0.4, 0.5) is 22.2 Å². The van der Waals surface area contributed by atoms with Gasteiger partial charge in [-0.15, -0.1) is 0 Å². The number of piperazine rings is 1. The third-order valence-electron chi connectivity index (χ3n) is 8.70. The first kappa shape index (κ1) is 25.4. The summed E-state index contributed by atoms with van der Waals surface area (Å²) in [6.07, 6.45) is 10.2. The fourth-order valence-electron chi connectivity index (χ4n) is 6.60. The number of aromatic nitrogens is 2. The summed E-state index contributed by atoms with van der Waals surface area (Å²) in [7, 11) is 2.21. The van der Waals surface area contributed by atoms with Gasteiger partial charge in [-0.1, -0.05) is 29.8 Å². The van der Waals surface area contributed by atoms with E-state index in [1.54, 1.807) is 6.20 Å². The number of rotatable bonds is 6. The minimum atomic E-state index is -0.767. The van der Waals surface area contributed by atoms with Crippen LogP contribution in [0.3, 0.4) is 0 Å². The van der Waals surface area contributed by atoms with Crippen molar-refractivity contribution in [1.82, 2.24) is 19.8 Å². The molecule has 2 aromatic rings. The number of nitrogens with one attached hydrogen (secondary N) is 2. The van der Waals surface area contributed by atoms with Gasteiger partial charge in [0.25, 0.3) is 0 Å². The van der Waals surface area contributed by atoms with E-state index in [1.165, 1.54) is 37.1 Å². The van der Waals surface area contributed by atoms with Crippen LogP contribution in [-0.4, -0.2) is 77.3 Å². The lowest BCUT2D eigenvalue weighted by Gasteiger charge is -2.37. The highest BCUT2D eigenvalue weighted by Crippen LogP contribution is 2.43. The van der Waals surface area contributed by atoms with Crippen molar-refractivity contribution in [3.8, 4) is 0 Å². The number of hydrogen-bond donors (Lipinski definition) is 3. The lowest BCUT2D eigenvalue weighted by Crippen LogP contribution is -2.49. The number of carbonyl (C=O) groups excluding carboxylic acids is 1. The van der Waals surface area contributed by atoms with Gasteiger partial charge in [-0.05, 0) is 62.4 Å². The van der Waals surface area contributed by atoms with E-state index in [2.05, 4.69) is 67.8 Å². The number of fused-ring (bicyclic) bond motifs is 3. The normalized spacial score (nSPS) is 29.1. The Bertz CT molecular complexity index is 1220. The van der Waals surface area contributed by atoms with Crippen LogP contribution in [0.1, 0.15) is 30.4 Å². The van der Waals surface area contributed by atoms with E-state index >= 15 is 0 Å². The monoisotopic (exact) mass is 537 g/mol. The molecular formula is C28H36ClN7O2. The number of likely N-dealkylation sites (N-methyl/N-ethyl adjacent to an activating group) is 1. The van der Waals surface area contributed by atoms with Gasteiger partial charge in [0.2, 0.25) is 5.95 Å². The molecule has 1 saturated heterocycles. The van der Waals surface area contributed by atoms with E-state index in [1.807, 2.05) is 0 Å². The number of amides is 1. The van der Waals surface area contributed by atoms with Gasteiger partial charge in [0.15, 0.2) is 5.82 Å². The molecule has 1 unspecified atom stereocenters. The molecule has 0 spiro atoms. The second kappa shape index (κ2) is 10.7. The number of primary amides is 1. The number of aryl methyl sites for hydroxylation is 2. The zero-order chi connectivity index (χ0) is 26.2. The maximum Gasteiger partial charge on any atom is 0.404 e. The summed E-state index contributed by atoms with van der Waals surface area (Å²) in [6, 6.07) is 7.11. The van der Waals surface area contributed by atoms with Crippen LogP contribution in [-0.2, 0) is 17.6 Å². The number of nitrogens with two attached hydrogens (primary N) is 1. The van der Waals surface area contributed by atoms with Gasteiger partial charge in [-0.3, -0.25) is 4.90 Å². The van der Waals surface area contributed by atoms with E-state index in [-0.39, 0.29) is 24.0 Å². The molecule has 2 bridgehead atoms. The van der Waals surface area contributed by atoms with Crippen molar-refractivity contribution in [2.24, 2.45) is 17.6 Å². The van der Waals surface area contributed by atoms with Crippen LogP contribution in [0.25, 0.3) is 0 Å². The van der Waals surface area contributed by atoms with Crippen LogP contribution in [0.2, 0.25) is 5.02 Å². The molecule has 6 rings (SSSR count). The fourth-order valence-corrected chi connectivity index (χ4v) is 6.74. The van der Waals surface area contributed by atoms with Crippen molar-refractivity contribution in [1.29, 1.82) is 0 Å². The van der Waals surface area contributed by atoms with Gasteiger partial charge < -0.3 is 26.0 Å². The number of hydrogen-bond acceptors (Lipinski definition) is 8. The minimum Gasteiger partial charge on any atom is -0.444 e. The first-order valence-corrected chi connectivity index (χ1v) is 14.1. The van der Waals surface area contributed by atoms with Gasteiger partial charge in [-0.25, -0.2) is 9.78 Å². The van der Waals surface area contributed by atoms with E-state index in [0.717, 1.165) is 38.0 Å². The molecule has 0 radical (unpaired) electrons. The van der Waals surface area contributed by atoms with Crippen molar-refractivity contribution in [2.75, 3.05) is 43.9 Å². The summed E-state index contributed by atoms with van der Waals surface area (Å²) in [6.45, 7) is 4.66. The molecule has 4 aliphatic rings. The number of benzene rings is 1. The predicted molar refractivity (Wildman–Crippen MR) is 149 cm³/mol. The Hall–Kier alpha value is -2.88. The van der Waals surface area contributed by atoms with Crippen molar-refractivity contribution in [2.45, 2.75) is 50.3 Å². The molecule has 3 aliphatic carbocycles.